The molecule has 0 aliphatic carbocycles. The van der Waals surface area contributed by atoms with Crippen LogP contribution in [-0.2, 0) is 27.5 Å². The molecular weight excluding hydrogens is 324 g/mol. The van der Waals surface area contributed by atoms with Crippen molar-refractivity contribution in [3.8, 4) is 0 Å². The van der Waals surface area contributed by atoms with Crippen molar-refractivity contribution in [2.45, 2.75) is 31.8 Å². The normalized spacial score (nSPS) is 10.5. The van der Waals surface area contributed by atoms with Crippen molar-refractivity contribution in [3.05, 3.63) is 70.8 Å². The van der Waals surface area contributed by atoms with Gasteiger partial charge in [0.1, 0.15) is 0 Å². The fourth-order valence-corrected chi connectivity index (χ4v) is 3.24. The van der Waals surface area contributed by atoms with Crippen LogP contribution in [0.25, 0.3) is 0 Å². The zero-order valence-corrected chi connectivity index (χ0v) is 15.0. The highest BCUT2D eigenvalue weighted by Gasteiger charge is 2.01. The van der Waals surface area contributed by atoms with Crippen molar-refractivity contribution in [3.63, 3.8) is 0 Å². The molecule has 0 fully saturated rings. The van der Waals surface area contributed by atoms with E-state index in [4.69, 9.17) is 0 Å². The summed E-state index contributed by atoms with van der Waals surface area (Å²) >= 11 is 2.68. The van der Waals surface area contributed by atoms with Crippen LogP contribution < -0.4 is 0 Å². The number of carbonyl (C=O) groups excluding carboxylic acids is 2. The number of benzene rings is 2. The van der Waals surface area contributed by atoms with Crippen molar-refractivity contribution < 1.29 is 9.59 Å². The predicted molar refractivity (Wildman–Crippen MR) is 99.6 cm³/mol. The molecule has 4 heteroatoms. The number of hydrogen-bond donors (Lipinski definition) is 0. The van der Waals surface area contributed by atoms with Crippen LogP contribution in [0.5, 0.6) is 0 Å². The first-order valence-electron chi connectivity index (χ1n) is 7.45. The second-order valence-electron chi connectivity index (χ2n) is 5.37. The largest absolute Gasteiger partial charge is 0.288 e. The molecule has 120 valence electrons. The first-order chi connectivity index (χ1) is 11.0. The van der Waals surface area contributed by atoms with Crippen LogP contribution in [0.1, 0.15) is 36.1 Å². The molecule has 0 aliphatic heterocycles. The zero-order chi connectivity index (χ0) is 16.7. The van der Waals surface area contributed by atoms with Crippen molar-refractivity contribution >= 4 is 33.8 Å². The van der Waals surface area contributed by atoms with Crippen LogP contribution in [0, 0.1) is 0 Å². The lowest BCUT2D eigenvalue weighted by atomic mass is 10.0. The second-order valence-corrected chi connectivity index (χ2v) is 7.67. The van der Waals surface area contributed by atoms with E-state index in [-0.39, 0.29) is 10.2 Å². The topological polar surface area (TPSA) is 34.1 Å². The highest BCUT2D eigenvalue weighted by Crippen LogP contribution is 2.17. The first kappa shape index (κ1) is 17.8. The summed E-state index contributed by atoms with van der Waals surface area (Å²) in [6.45, 7) is 3.19. The van der Waals surface area contributed by atoms with E-state index in [1.165, 1.54) is 45.8 Å². The van der Waals surface area contributed by atoms with Gasteiger partial charge in [-0.25, -0.2) is 0 Å². The van der Waals surface area contributed by atoms with Crippen LogP contribution in [0.2, 0.25) is 0 Å². The van der Waals surface area contributed by atoms with Crippen LogP contribution in [0.15, 0.2) is 48.5 Å². The summed E-state index contributed by atoms with van der Waals surface area (Å²) in [6.07, 6.45) is 0.889. The Bertz CT molecular complexity index is 601. The van der Waals surface area contributed by atoms with Gasteiger partial charge < -0.3 is 0 Å². The standard InChI is InChI=1S/C19H20O2S2/c1-14(20)22-12-18-7-3-16(4-8-18)11-17-5-9-19(10-6-17)13-23-15(2)21/h3-10H,11-13H2,1-2H3. The molecular formula is C19H20O2S2. The number of rotatable bonds is 6. The molecule has 0 saturated carbocycles. The molecule has 0 saturated heterocycles. The zero-order valence-electron chi connectivity index (χ0n) is 13.4. The van der Waals surface area contributed by atoms with Gasteiger partial charge in [0, 0.05) is 25.4 Å². The van der Waals surface area contributed by atoms with Crippen molar-refractivity contribution in [1.29, 1.82) is 0 Å². The maximum absolute atomic E-state index is 11.0. The van der Waals surface area contributed by atoms with Gasteiger partial charge in [-0.3, -0.25) is 9.59 Å². The third kappa shape index (κ3) is 6.63. The molecule has 0 spiro atoms. The molecule has 0 radical (unpaired) electrons. The SMILES string of the molecule is CC(=O)SCc1ccc(Cc2ccc(CSC(C)=O)cc2)cc1. The summed E-state index contributed by atoms with van der Waals surface area (Å²) in [5.41, 5.74) is 4.86. The minimum absolute atomic E-state index is 0.150. The number of thioether (sulfide) groups is 2. The lowest BCUT2D eigenvalue weighted by Gasteiger charge is -2.05. The van der Waals surface area contributed by atoms with Crippen molar-refractivity contribution in [2.75, 3.05) is 0 Å². The molecule has 0 bridgehead atoms. The molecule has 23 heavy (non-hydrogen) atoms. The molecule has 0 atom stereocenters. The van der Waals surface area contributed by atoms with Gasteiger partial charge in [0.15, 0.2) is 10.2 Å². The summed E-state index contributed by atoms with van der Waals surface area (Å²) in [6, 6.07) is 16.8. The third-order valence-corrected chi connectivity index (χ3v) is 5.11. The molecule has 2 aromatic carbocycles. The summed E-state index contributed by atoms with van der Waals surface area (Å²) in [5, 5.41) is 0.300. The maximum Gasteiger partial charge on any atom is 0.186 e. The average molecular weight is 345 g/mol. The monoisotopic (exact) mass is 344 g/mol. The Morgan fingerprint density at radius 1 is 0.652 bits per heavy atom. The van der Waals surface area contributed by atoms with Gasteiger partial charge in [0.05, 0.1) is 0 Å². The van der Waals surface area contributed by atoms with Crippen LogP contribution >= 0.6 is 23.5 Å². The van der Waals surface area contributed by atoms with Gasteiger partial charge in [-0.05, 0) is 28.7 Å². The molecule has 0 N–H and O–H groups in total. The van der Waals surface area contributed by atoms with E-state index in [9.17, 15) is 9.59 Å². The fraction of sp³-hybridized carbons (Fsp3) is 0.263. The number of carbonyl (C=O) groups is 2. The molecule has 0 unspecified atom stereocenters. The Hall–Kier alpha value is -1.52. The quantitative estimate of drug-likeness (QED) is 0.751. The van der Waals surface area contributed by atoms with Crippen LogP contribution in [0.3, 0.4) is 0 Å². The van der Waals surface area contributed by atoms with Crippen LogP contribution in [0.4, 0.5) is 0 Å². The summed E-state index contributed by atoms with van der Waals surface area (Å²) < 4.78 is 0. The van der Waals surface area contributed by atoms with E-state index in [0.717, 1.165) is 17.9 Å². The smallest absolute Gasteiger partial charge is 0.186 e. The predicted octanol–water partition coefficient (Wildman–Crippen LogP) is 4.84. The Morgan fingerprint density at radius 2 is 0.957 bits per heavy atom. The second kappa shape index (κ2) is 8.94. The highest BCUT2D eigenvalue weighted by atomic mass is 32.2. The molecule has 0 heterocycles. The lowest BCUT2D eigenvalue weighted by molar-refractivity contribution is -0.109. The van der Waals surface area contributed by atoms with Gasteiger partial charge in [-0.2, -0.15) is 0 Å². The van der Waals surface area contributed by atoms with E-state index < -0.39 is 0 Å². The first-order valence-corrected chi connectivity index (χ1v) is 9.42. The van der Waals surface area contributed by atoms with E-state index in [1.807, 2.05) is 0 Å². The highest BCUT2D eigenvalue weighted by molar-refractivity contribution is 8.13. The minimum atomic E-state index is 0.150. The Morgan fingerprint density at radius 3 is 1.26 bits per heavy atom. The van der Waals surface area contributed by atoms with Gasteiger partial charge in [0.25, 0.3) is 0 Å². The molecule has 2 aromatic rings. The summed E-state index contributed by atoms with van der Waals surface area (Å²) in [5.74, 6) is 1.47. The molecule has 0 aliphatic rings. The molecule has 2 rings (SSSR count). The molecule has 0 amide bonds. The lowest BCUT2D eigenvalue weighted by Crippen LogP contribution is -1.91. The fourth-order valence-electron chi connectivity index (χ4n) is 2.11. The van der Waals surface area contributed by atoms with E-state index >= 15 is 0 Å². The van der Waals surface area contributed by atoms with Crippen LogP contribution in [-0.4, -0.2) is 10.2 Å². The van der Waals surface area contributed by atoms with E-state index in [1.54, 1.807) is 13.8 Å². The Kier molecular flexibility index (Phi) is 6.93. The minimum Gasteiger partial charge on any atom is -0.288 e. The number of hydrogen-bond acceptors (Lipinski definition) is 4. The summed E-state index contributed by atoms with van der Waals surface area (Å²) in [7, 11) is 0. The maximum atomic E-state index is 11.0. The Labute approximate surface area is 146 Å². The van der Waals surface area contributed by atoms with E-state index in [2.05, 4.69) is 48.5 Å². The third-order valence-electron chi connectivity index (χ3n) is 3.34. The van der Waals surface area contributed by atoms with Crippen molar-refractivity contribution in [2.24, 2.45) is 0 Å². The van der Waals surface area contributed by atoms with Gasteiger partial charge >= 0.3 is 0 Å². The molecule has 2 nitrogen and oxygen atoms in total. The summed E-state index contributed by atoms with van der Waals surface area (Å²) in [4.78, 5) is 22.0. The van der Waals surface area contributed by atoms with Gasteiger partial charge in [-0.1, -0.05) is 72.1 Å². The van der Waals surface area contributed by atoms with Gasteiger partial charge in [-0.15, -0.1) is 0 Å². The van der Waals surface area contributed by atoms with Gasteiger partial charge in [0.2, 0.25) is 0 Å². The van der Waals surface area contributed by atoms with E-state index in [0.29, 0.717) is 0 Å². The average Bonchev–Trinajstić information content (AvgIpc) is 2.53. The van der Waals surface area contributed by atoms with Crippen molar-refractivity contribution in [1.82, 2.24) is 0 Å². The Balaban J connectivity index is 1.91. The molecule has 0 aromatic heterocycles.